The minimum absolute atomic E-state index is 0.00927. The molecule has 0 aliphatic heterocycles. The Morgan fingerprint density at radius 1 is 1.20 bits per heavy atom. The quantitative estimate of drug-likeness (QED) is 0.652. The highest BCUT2D eigenvalue weighted by molar-refractivity contribution is 5.49. The summed E-state index contributed by atoms with van der Waals surface area (Å²) in [5, 5.41) is 9.20. The van der Waals surface area contributed by atoms with Crippen molar-refractivity contribution in [3.63, 3.8) is 0 Å². The van der Waals surface area contributed by atoms with Gasteiger partial charge in [0.25, 0.3) is 0 Å². The molecular weight excluding hydrogens is 186 g/mol. The smallest absolute Gasteiger partial charge is 0.0684 e. The van der Waals surface area contributed by atoms with E-state index in [1.165, 1.54) is 0 Å². The van der Waals surface area contributed by atoms with Crippen molar-refractivity contribution >= 4 is 0 Å². The molecule has 0 saturated heterocycles. The molecule has 0 aromatic heterocycles. The normalized spacial score (nSPS) is 13.9. The van der Waals surface area contributed by atoms with Crippen LogP contribution in [-0.4, -0.2) is 18.3 Å². The Morgan fingerprint density at radius 3 is 2.13 bits per heavy atom. The maximum Gasteiger partial charge on any atom is 0.0684 e. The number of allylic oxidation sites excluding steroid dienone is 5. The highest BCUT2D eigenvalue weighted by atomic mass is 16.3. The van der Waals surface area contributed by atoms with Crippen molar-refractivity contribution in [1.29, 1.82) is 0 Å². The lowest BCUT2D eigenvalue weighted by Gasteiger charge is -2.11. The molecule has 2 heteroatoms. The van der Waals surface area contributed by atoms with Gasteiger partial charge in [0.2, 0.25) is 0 Å². The van der Waals surface area contributed by atoms with Crippen molar-refractivity contribution in [2.75, 3.05) is 13.2 Å². The van der Waals surface area contributed by atoms with E-state index in [1.54, 1.807) is 12.2 Å². The van der Waals surface area contributed by atoms with Crippen molar-refractivity contribution in [3.8, 4) is 0 Å². The van der Waals surface area contributed by atoms with E-state index < -0.39 is 0 Å². The summed E-state index contributed by atoms with van der Waals surface area (Å²) in [5.41, 5.74) is 8.33. The van der Waals surface area contributed by atoms with E-state index >= 15 is 0 Å². The third-order valence-corrected chi connectivity index (χ3v) is 2.03. The van der Waals surface area contributed by atoms with Gasteiger partial charge in [0.1, 0.15) is 0 Å². The largest absolute Gasteiger partial charge is 0.392 e. The number of aliphatic hydroxyl groups is 1. The third kappa shape index (κ3) is 4.11. The van der Waals surface area contributed by atoms with Crippen molar-refractivity contribution in [3.05, 3.63) is 60.3 Å². The van der Waals surface area contributed by atoms with Crippen LogP contribution in [0.25, 0.3) is 0 Å². The van der Waals surface area contributed by atoms with E-state index in [2.05, 4.69) is 13.2 Å². The monoisotopic (exact) mass is 205 g/mol. The fourth-order valence-electron chi connectivity index (χ4n) is 1.28. The van der Waals surface area contributed by atoms with Crippen molar-refractivity contribution < 1.29 is 5.11 Å². The van der Waals surface area contributed by atoms with Crippen LogP contribution >= 0.6 is 0 Å². The van der Waals surface area contributed by atoms with Gasteiger partial charge in [-0.05, 0) is 23.6 Å². The molecule has 0 saturated carbocycles. The van der Waals surface area contributed by atoms with Gasteiger partial charge in [0.05, 0.1) is 6.61 Å². The maximum atomic E-state index is 9.20. The van der Waals surface area contributed by atoms with Gasteiger partial charge in [-0.25, -0.2) is 0 Å². The Balaban J connectivity index is 5.30. The predicted octanol–water partition coefficient (Wildman–Crippen LogP) is 2.11. The predicted molar refractivity (Wildman–Crippen MR) is 66.5 cm³/mol. The summed E-state index contributed by atoms with van der Waals surface area (Å²) in [6, 6.07) is 0. The van der Waals surface area contributed by atoms with Crippen LogP contribution in [0, 0.1) is 0 Å². The maximum absolute atomic E-state index is 9.20. The highest BCUT2D eigenvalue weighted by Crippen LogP contribution is 2.18. The summed E-state index contributed by atoms with van der Waals surface area (Å²) in [5.74, 6) is 0. The first-order chi connectivity index (χ1) is 7.24. The van der Waals surface area contributed by atoms with Gasteiger partial charge >= 0.3 is 0 Å². The summed E-state index contributed by atoms with van der Waals surface area (Å²) in [4.78, 5) is 0. The molecule has 0 bridgehead atoms. The van der Waals surface area contributed by atoms with Crippen molar-refractivity contribution in [2.24, 2.45) is 5.73 Å². The minimum Gasteiger partial charge on any atom is -0.392 e. The van der Waals surface area contributed by atoms with E-state index in [4.69, 9.17) is 5.73 Å². The molecular formula is C13H19NO. The van der Waals surface area contributed by atoms with Crippen LogP contribution in [0.3, 0.4) is 0 Å². The molecule has 0 atom stereocenters. The first-order valence-electron chi connectivity index (χ1n) is 4.86. The molecule has 0 rings (SSSR count). The zero-order chi connectivity index (χ0) is 11.7. The zero-order valence-electron chi connectivity index (χ0n) is 9.24. The second-order valence-corrected chi connectivity index (χ2v) is 2.92. The molecule has 82 valence electrons. The van der Waals surface area contributed by atoms with E-state index in [1.807, 2.05) is 25.2 Å². The molecule has 0 amide bonds. The number of rotatable bonds is 6. The van der Waals surface area contributed by atoms with Gasteiger partial charge in [-0.3, -0.25) is 0 Å². The van der Waals surface area contributed by atoms with E-state index in [9.17, 15) is 5.11 Å². The summed E-state index contributed by atoms with van der Waals surface area (Å²) >= 11 is 0. The van der Waals surface area contributed by atoms with Crippen molar-refractivity contribution in [2.45, 2.75) is 6.92 Å². The lowest BCUT2D eigenvalue weighted by molar-refractivity contribution is 0.333. The number of aliphatic hydroxyl groups excluding tert-OH is 1. The van der Waals surface area contributed by atoms with Crippen LogP contribution in [0.5, 0.6) is 0 Å². The van der Waals surface area contributed by atoms with Gasteiger partial charge in [-0.15, -0.1) is 0 Å². The standard InChI is InChI=1S/C13H19NO/c1-4-7-12(9-14)13(8-5-2)11(6-3)10-15/h4-8,15H,1-2,9-10,14H2,3H3/b11-6-,12-7+,13-8+. The first-order valence-corrected chi connectivity index (χ1v) is 4.86. The van der Waals surface area contributed by atoms with Crippen LogP contribution < -0.4 is 5.73 Å². The van der Waals surface area contributed by atoms with Gasteiger partial charge in [-0.2, -0.15) is 0 Å². The molecule has 3 N–H and O–H groups in total. The van der Waals surface area contributed by atoms with Gasteiger partial charge in [0.15, 0.2) is 0 Å². The Hall–Kier alpha value is -1.38. The van der Waals surface area contributed by atoms with E-state index in [0.717, 1.165) is 16.7 Å². The average molecular weight is 205 g/mol. The molecule has 2 nitrogen and oxygen atoms in total. The molecule has 0 unspecified atom stereocenters. The summed E-state index contributed by atoms with van der Waals surface area (Å²) in [6.45, 7) is 9.56. The molecule has 0 heterocycles. The summed E-state index contributed by atoms with van der Waals surface area (Å²) in [6.07, 6.45) is 8.91. The van der Waals surface area contributed by atoms with Crippen LogP contribution in [0.1, 0.15) is 6.92 Å². The third-order valence-electron chi connectivity index (χ3n) is 2.03. The summed E-state index contributed by atoms with van der Waals surface area (Å²) in [7, 11) is 0. The fourth-order valence-corrected chi connectivity index (χ4v) is 1.28. The SMILES string of the molecule is C=C/C=C(CN)/C(=C/C=C)C(=C\C)/CO. The Bertz CT molecular complexity index is 308. The van der Waals surface area contributed by atoms with Crippen LogP contribution in [0.2, 0.25) is 0 Å². The van der Waals surface area contributed by atoms with Crippen molar-refractivity contribution in [1.82, 2.24) is 0 Å². The van der Waals surface area contributed by atoms with Crippen LogP contribution in [0.15, 0.2) is 60.3 Å². The zero-order valence-corrected chi connectivity index (χ0v) is 9.24. The molecule has 15 heavy (non-hydrogen) atoms. The second kappa shape index (κ2) is 7.97. The molecule has 0 aliphatic carbocycles. The lowest BCUT2D eigenvalue weighted by atomic mass is 9.97. The van der Waals surface area contributed by atoms with Crippen LogP contribution in [0.4, 0.5) is 0 Å². The highest BCUT2D eigenvalue weighted by Gasteiger charge is 2.06. The average Bonchev–Trinajstić information content (AvgIpc) is 2.26. The number of hydrogen-bond acceptors (Lipinski definition) is 2. The Kier molecular flexibility index (Phi) is 7.24. The minimum atomic E-state index is -0.00927. The topological polar surface area (TPSA) is 46.2 Å². The summed E-state index contributed by atoms with van der Waals surface area (Å²) < 4.78 is 0. The number of nitrogens with two attached hydrogens (primary N) is 1. The molecule has 0 aromatic rings. The molecule has 0 aromatic carbocycles. The van der Waals surface area contributed by atoms with Crippen LogP contribution in [-0.2, 0) is 0 Å². The molecule has 0 aliphatic rings. The van der Waals surface area contributed by atoms with E-state index in [0.29, 0.717) is 6.54 Å². The molecule has 0 spiro atoms. The second-order valence-electron chi connectivity index (χ2n) is 2.92. The van der Waals surface area contributed by atoms with Gasteiger partial charge in [-0.1, -0.05) is 43.5 Å². The van der Waals surface area contributed by atoms with E-state index in [-0.39, 0.29) is 6.61 Å². The first kappa shape index (κ1) is 13.6. The Labute approximate surface area is 91.8 Å². The number of hydrogen-bond donors (Lipinski definition) is 2. The molecule has 0 fully saturated rings. The van der Waals surface area contributed by atoms with Gasteiger partial charge < -0.3 is 10.8 Å². The fraction of sp³-hybridized carbons (Fsp3) is 0.231. The van der Waals surface area contributed by atoms with Gasteiger partial charge in [0, 0.05) is 6.54 Å². The Morgan fingerprint density at radius 2 is 1.80 bits per heavy atom. The lowest BCUT2D eigenvalue weighted by Crippen LogP contribution is -2.08. The molecule has 0 radical (unpaired) electrons.